The minimum Gasteiger partial charge on any atom is -0.497 e. The highest BCUT2D eigenvalue weighted by molar-refractivity contribution is 6.24. The second kappa shape index (κ2) is 8.62. The van der Waals surface area contributed by atoms with Crippen molar-refractivity contribution in [1.29, 1.82) is 0 Å². The fourth-order valence-electron chi connectivity index (χ4n) is 6.08. The third-order valence-corrected chi connectivity index (χ3v) is 7.55. The summed E-state index contributed by atoms with van der Waals surface area (Å²) in [5.41, 5.74) is 5.02. The molecule has 0 bridgehead atoms. The number of hydrogen-bond acceptors (Lipinski definition) is 5. The average Bonchev–Trinajstić information content (AvgIpc) is 3.36. The fraction of sp³-hybridized carbons (Fsp3) is 0.233. The van der Waals surface area contributed by atoms with Gasteiger partial charge in [-0.1, -0.05) is 30.3 Å². The molecule has 2 saturated heterocycles. The number of benzene rings is 3. The summed E-state index contributed by atoms with van der Waals surface area (Å²) >= 11 is 0. The Balaban J connectivity index is 1.43. The maximum Gasteiger partial charge on any atom is 0.247 e. The van der Waals surface area contributed by atoms with Crippen LogP contribution in [0.15, 0.2) is 72.9 Å². The van der Waals surface area contributed by atoms with Crippen LogP contribution >= 0.6 is 0 Å². The third kappa shape index (κ3) is 3.61. The van der Waals surface area contributed by atoms with Gasteiger partial charge in [0.25, 0.3) is 0 Å². The largest absolute Gasteiger partial charge is 0.497 e. The van der Waals surface area contributed by atoms with Gasteiger partial charge in [0.05, 0.1) is 30.7 Å². The van der Waals surface area contributed by atoms with Crippen molar-refractivity contribution in [3.63, 3.8) is 0 Å². The van der Waals surface area contributed by atoms with E-state index in [1.165, 1.54) is 4.90 Å². The highest BCUT2D eigenvalue weighted by atomic mass is 16.5. The zero-order valence-electron chi connectivity index (χ0n) is 20.8. The van der Waals surface area contributed by atoms with E-state index in [1.807, 2.05) is 73.5 Å². The molecule has 0 spiro atoms. The molecule has 3 aromatic rings. The molecule has 37 heavy (non-hydrogen) atoms. The number of ether oxygens (including phenoxy) is 1. The van der Waals surface area contributed by atoms with Crippen molar-refractivity contribution in [1.82, 2.24) is 4.90 Å². The lowest BCUT2D eigenvalue weighted by Gasteiger charge is -2.35. The second-order valence-corrected chi connectivity index (χ2v) is 9.91. The summed E-state index contributed by atoms with van der Waals surface area (Å²) in [5, 5.41) is 2.96. The van der Waals surface area contributed by atoms with Crippen LogP contribution < -0.4 is 15.0 Å². The molecule has 4 atom stereocenters. The lowest BCUT2D eigenvalue weighted by atomic mass is 9.84. The average molecular weight is 494 g/mol. The Morgan fingerprint density at radius 2 is 1.57 bits per heavy atom. The Bertz CT molecular complexity index is 1440. The molecular weight excluding hydrogens is 466 g/mol. The Kier molecular flexibility index (Phi) is 5.37. The Hall–Kier alpha value is -4.39. The predicted octanol–water partition coefficient (Wildman–Crippen LogP) is 4.47. The van der Waals surface area contributed by atoms with Crippen LogP contribution in [0.2, 0.25) is 0 Å². The zero-order valence-corrected chi connectivity index (χ0v) is 20.8. The predicted molar refractivity (Wildman–Crippen MR) is 141 cm³/mol. The molecule has 0 aliphatic carbocycles. The van der Waals surface area contributed by atoms with Crippen LogP contribution in [0.5, 0.6) is 5.75 Å². The van der Waals surface area contributed by atoms with E-state index in [2.05, 4.69) is 5.32 Å². The summed E-state index contributed by atoms with van der Waals surface area (Å²) < 4.78 is 5.21. The number of fused-ring (bicyclic) bond motifs is 5. The van der Waals surface area contributed by atoms with Crippen LogP contribution in [0.25, 0.3) is 6.08 Å². The minimum absolute atomic E-state index is 0.264. The maximum absolute atomic E-state index is 14.0. The van der Waals surface area contributed by atoms with Crippen LogP contribution in [0.4, 0.5) is 11.4 Å². The van der Waals surface area contributed by atoms with Gasteiger partial charge in [0.2, 0.25) is 17.7 Å². The van der Waals surface area contributed by atoms with Crippen LogP contribution in [0.1, 0.15) is 28.3 Å². The van der Waals surface area contributed by atoms with E-state index in [0.29, 0.717) is 17.1 Å². The van der Waals surface area contributed by atoms with Gasteiger partial charge in [0.15, 0.2) is 0 Å². The molecule has 2 fully saturated rings. The number of nitrogens with one attached hydrogen (secondary N) is 1. The highest BCUT2D eigenvalue weighted by Crippen LogP contribution is 2.53. The molecule has 3 aliphatic rings. The van der Waals surface area contributed by atoms with Gasteiger partial charge in [0.1, 0.15) is 11.8 Å². The Morgan fingerprint density at radius 1 is 0.892 bits per heavy atom. The van der Waals surface area contributed by atoms with Gasteiger partial charge in [-0.2, -0.15) is 0 Å². The fourth-order valence-corrected chi connectivity index (χ4v) is 6.08. The SMILES string of the molecule is COc1ccc(NC(=O)[C@@H]2[C@@H]3C(=O)N(c4cc(C)cc(C)c4)C(=O)[C@@H]3[C@@H]3c4ccccc4C=CN23)cc1. The second-order valence-electron chi connectivity index (χ2n) is 9.91. The molecule has 1 N–H and O–H groups in total. The van der Waals surface area contributed by atoms with E-state index in [0.717, 1.165) is 22.3 Å². The zero-order chi connectivity index (χ0) is 25.8. The van der Waals surface area contributed by atoms with E-state index in [-0.39, 0.29) is 17.7 Å². The number of carbonyl (C=O) groups excluding carboxylic acids is 3. The quantitative estimate of drug-likeness (QED) is 0.543. The van der Waals surface area contributed by atoms with Crippen molar-refractivity contribution in [2.75, 3.05) is 17.3 Å². The number of imide groups is 1. The summed E-state index contributed by atoms with van der Waals surface area (Å²) in [6.07, 6.45) is 3.79. The lowest BCUT2D eigenvalue weighted by molar-refractivity contribution is -0.128. The van der Waals surface area contributed by atoms with Crippen LogP contribution in [-0.2, 0) is 14.4 Å². The molecule has 7 heteroatoms. The summed E-state index contributed by atoms with van der Waals surface area (Å²) in [6.45, 7) is 3.88. The Labute approximate surface area is 215 Å². The summed E-state index contributed by atoms with van der Waals surface area (Å²) in [6, 6.07) is 19.3. The molecule has 0 unspecified atom stereocenters. The van der Waals surface area contributed by atoms with Crippen molar-refractivity contribution in [3.05, 3.63) is 95.2 Å². The third-order valence-electron chi connectivity index (χ3n) is 7.55. The molecule has 6 rings (SSSR count). The van der Waals surface area contributed by atoms with E-state index in [1.54, 1.807) is 31.4 Å². The van der Waals surface area contributed by atoms with E-state index in [9.17, 15) is 14.4 Å². The molecule has 3 aromatic carbocycles. The summed E-state index contributed by atoms with van der Waals surface area (Å²) in [5.74, 6) is -1.74. The molecule has 3 aliphatic heterocycles. The topological polar surface area (TPSA) is 79.0 Å². The molecule has 186 valence electrons. The van der Waals surface area contributed by atoms with Gasteiger partial charge >= 0.3 is 0 Å². The number of nitrogens with zero attached hydrogens (tertiary/aromatic N) is 2. The number of amides is 3. The monoisotopic (exact) mass is 493 g/mol. The molecule has 3 amide bonds. The Morgan fingerprint density at radius 3 is 2.27 bits per heavy atom. The normalized spacial score (nSPS) is 23.5. The van der Waals surface area contributed by atoms with E-state index in [4.69, 9.17) is 4.74 Å². The minimum atomic E-state index is -0.839. The van der Waals surface area contributed by atoms with Crippen molar-refractivity contribution < 1.29 is 19.1 Å². The van der Waals surface area contributed by atoms with Crippen LogP contribution in [0.3, 0.4) is 0 Å². The summed E-state index contributed by atoms with van der Waals surface area (Å²) in [4.78, 5) is 44.9. The first-order valence-corrected chi connectivity index (χ1v) is 12.3. The van der Waals surface area contributed by atoms with Crippen molar-refractivity contribution in [2.24, 2.45) is 11.8 Å². The standard InChI is InChI=1S/C30H27N3O4/c1-17-14-18(2)16-21(15-17)33-29(35)24-25(30(33)36)27(28(34)31-20-8-10-22(37-3)11-9-20)32-13-12-19-6-4-5-7-23(19)26(24)32/h4-16,24-27H,1-3H3,(H,31,34)/t24-,25+,26-,27-/m0/s1. The lowest BCUT2D eigenvalue weighted by Crippen LogP contribution is -2.46. The number of aryl methyl sites for hydroxylation is 2. The van der Waals surface area contributed by atoms with Gasteiger partial charge in [-0.25, -0.2) is 4.90 Å². The van der Waals surface area contributed by atoms with Gasteiger partial charge in [-0.3, -0.25) is 14.4 Å². The molecule has 0 radical (unpaired) electrons. The number of hydrogen-bond donors (Lipinski definition) is 1. The molecular formula is C30H27N3O4. The van der Waals surface area contributed by atoms with Crippen molar-refractivity contribution in [2.45, 2.75) is 25.9 Å². The van der Waals surface area contributed by atoms with Crippen molar-refractivity contribution >= 4 is 35.2 Å². The van der Waals surface area contributed by atoms with E-state index < -0.39 is 23.9 Å². The molecule has 7 nitrogen and oxygen atoms in total. The van der Waals surface area contributed by atoms with Gasteiger partial charge in [-0.05, 0) is 78.6 Å². The molecule has 0 aromatic heterocycles. The summed E-state index contributed by atoms with van der Waals surface area (Å²) in [7, 11) is 1.58. The number of rotatable bonds is 4. The number of methoxy groups -OCH3 is 1. The van der Waals surface area contributed by atoms with Gasteiger partial charge < -0.3 is 15.0 Å². The van der Waals surface area contributed by atoms with Gasteiger partial charge in [0, 0.05) is 11.9 Å². The van der Waals surface area contributed by atoms with Gasteiger partial charge in [-0.15, -0.1) is 0 Å². The smallest absolute Gasteiger partial charge is 0.247 e. The maximum atomic E-state index is 14.0. The molecule has 3 heterocycles. The highest BCUT2D eigenvalue weighted by Gasteiger charge is 2.64. The molecule has 0 saturated carbocycles. The van der Waals surface area contributed by atoms with Crippen molar-refractivity contribution in [3.8, 4) is 5.75 Å². The first-order valence-electron chi connectivity index (χ1n) is 12.3. The van der Waals surface area contributed by atoms with E-state index >= 15 is 0 Å². The van der Waals surface area contributed by atoms with Crippen LogP contribution in [-0.4, -0.2) is 35.8 Å². The number of carbonyl (C=O) groups is 3. The first kappa shape index (κ1) is 23.0. The first-order chi connectivity index (χ1) is 17.9. The van der Waals surface area contributed by atoms with Crippen LogP contribution in [0, 0.1) is 25.7 Å². The number of anilines is 2.